The van der Waals surface area contributed by atoms with Crippen LogP contribution in [0.2, 0.25) is 5.02 Å². The van der Waals surface area contributed by atoms with Crippen LogP contribution in [0.4, 0.5) is 0 Å². The number of aromatic nitrogens is 3. The Morgan fingerprint density at radius 2 is 2.08 bits per heavy atom. The van der Waals surface area contributed by atoms with E-state index in [9.17, 15) is 4.79 Å². The minimum atomic E-state index is -0.566. The minimum absolute atomic E-state index is 0.0246. The Morgan fingerprint density at radius 3 is 2.77 bits per heavy atom. The lowest BCUT2D eigenvalue weighted by molar-refractivity contribution is -0.157. The number of fused-ring (bicyclic) bond motifs is 1. The molecule has 2 aromatic heterocycles. The summed E-state index contributed by atoms with van der Waals surface area (Å²) in [5.74, 6) is -0.283. The van der Waals surface area contributed by atoms with Crippen molar-refractivity contribution in [3.05, 3.63) is 57.3 Å². The summed E-state index contributed by atoms with van der Waals surface area (Å²) in [6.07, 6.45) is 2.31. The molecule has 0 fully saturated rings. The number of nitrogens with zero attached hydrogens (tertiary/aromatic N) is 3. The molecule has 0 spiro atoms. The molecule has 0 aliphatic carbocycles. The number of ether oxygens (including phenoxy) is 1. The standard InChI is InChI=1S/C19H19BrClN3O2/c1-19(2,3)18(25)26-11-24-17-15(9-13(20)10-22-17)16(23-24)8-12-5-4-6-14(21)7-12/h4-7,9-10H,8,11H2,1-3H3. The molecule has 0 aliphatic heterocycles. The molecule has 0 unspecified atom stereocenters. The first-order chi connectivity index (χ1) is 12.2. The van der Waals surface area contributed by atoms with Crippen LogP contribution < -0.4 is 0 Å². The molecule has 3 aromatic rings. The van der Waals surface area contributed by atoms with Gasteiger partial charge in [0.2, 0.25) is 0 Å². The second kappa shape index (κ2) is 7.37. The molecular formula is C19H19BrClN3O2. The smallest absolute Gasteiger partial charge is 0.313 e. The number of carbonyl (C=O) groups is 1. The molecule has 0 saturated carbocycles. The fourth-order valence-corrected chi connectivity index (χ4v) is 3.04. The van der Waals surface area contributed by atoms with Gasteiger partial charge in [0, 0.05) is 27.5 Å². The molecule has 0 aliphatic rings. The van der Waals surface area contributed by atoms with Gasteiger partial charge in [-0.15, -0.1) is 0 Å². The van der Waals surface area contributed by atoms with Crippen LogP contribution in [0.1, 0.15) is 32.0 Å². The molecule has 2 heterocycles. The lowest BCUT2D eigenvalue weighted by Crippen LogP contribution is -2.24. The van der Waals surface area contributed by atoms with Crippen LogP contribution in [0, 0.1) is 5.41 Å². The highest BCUT2D eigenvalue weighted by atomic mass is 79.9. The fraction of sp³-hybridized carbons (Fsp3) is 0.316. The Kier molecular flexibility index (Phi) is 5.34. The van der Waals surface area contributed by atoms with Crippen LogP contribution >= 0.6 is 27.5 Å². The van der Waals surface area contributed by atoms with Gasteiger partial charge in [0.25, 0.3) is 0 Å². The van der Waals surface area contributed by atoms with Crippen molar-refractivity contribution in [1.82, 2.24) is 14.8 Å². The van der Waals surface area contributed by atoms with Gasteiger partial charge < -0.3 is 4.74 Å². The van der Waals surface area contributed by atoms with Crippen molar-refractivity contribution >= 4 is 44.5 Å². The molecule has 0 amide bonds. The van der Waals surface area contributed by atoms with Crippen molar-refractivity contribution in [3.8, 4) is 0 Å². The number of carbonyl (C=O) groups excluding carboxylic acids is 1. The van der Waals surface area contributed by atoms with E-state index >= 15 is 0 Å². The summed E-state index contributed by atoms with van der Waals surface area (Å²) in [5.41, 5.74) is 2.01. The molecule has 0 N–H and O–H groups in total. The average molecular weight is 437 g/mol. The Labute approximate surface area is 165 Å². The Morgan fingerprint density at radius 1 is 1.31 bits per heavy atom. The van der Waals surface area contributed by atoms with E-state index in [1.165, 1.54) is 0 Å². The van der Waals surface area contributed by atoms with Gasteiger partial charge in [-0.2, -0.15) is 5.10 Å². The number of esters is 1. The maximum Gasteiger partial charge on any atom is 0.313 e. The van der Waals surface area contributed by atoms with Crippen LogP contribution in [-0.4, -0.2) is 20.7 Å². The molecule has 0 radical (unpaired) electrons. The summed E-state index contributed by atoms with van der Waals surface area (Å²) >= 11 is 9.54. The zero-order valence-electron chi connectivity index (χ0n) is 14.8. The summed E-state index contributed by atoms with van der Waals surface area (Å²) in [6, 6.07) is 9.64. The lowest BCUT2D eigenvalue weighted by atomic mass is 9.98. The summed E-state index contributed by atoms with van der Waals surface area (Å²) in [7, 11) is 0. The maximum absolute atomic E-state index is 12.1. The number of hydrogen-bond donors (Lipinski definition) is 0. The van der Waals surface area contributed by atoms with Crippen molar-refractivity contribution in [2.45, 2.75) is 33.9 Å². The normalized spacial score (nSPS) is 11.7. The van der Waals surface area contributed by atoms with Crippen LogP contribution in [0.15, 0.2) is 41.0 Å². The molecule has 7 heteroatoms. The first-order valence-corrected chi connectivity index (χ1v) is 9.34. The Bertz CT molecular complexity index is 963. The summed E-state index contributed by atoms with van der Waals surface area (Å²) in [4.78, 5) is 16.5. The van der Waals surface area contributed by atoms with Crippen LogP contribution in [0.25, 0.3) is 11.0 Å². The Hall–Kier alpha value is -1.92. The largest absolute Gasteiger partial charge is 0.442 e. The molecule has 26 heavy (non-hydrogen) atoms. The van der Waals surface area contributed by atoms with Crippen LogP contribution in [-0.2, 0) is 22.7 Å². The minimum Gasteiger partial charge on any atom is -0.442 e. The predicted octanol–water partition coefficient (Wildman–Crippen LogP) is 4.98. The highest BCUT2D eigenvalue weighted by molar-refractivity contribution is 9.10. The van der Waals surface area contributed by atoms with E-state index in [0.717, 1.165) is 21.1 Å². The molecule has 0 bridgehead atoms. The first-order valence-electron chi connectivity index (χ1n) is 8.16. The first kappa shape index (κ1) is 18.9. The maximum atomic E-state index is 12.1. The quantitative estimate of drug-likeness (QED) is 0.541. The van der Waals surface area contributed by atoms with Crippen molar-refractivity contribution < 1.29 is 9.53 Å². The monoisotopic (exact) mass is 435 g/mol. The fourth-order valence-electron chi connectivity index (χ4n) is 2.49. The van der Waals surface area contributed by atoms with Crippen LogP contribution in [0.3, 0.4) is 0 Å². The SMILES string of the molecule is CC(C)(C)C(=O)OCn1nc(Cc2cccc(Cl)c2)c2cc(Br)cnc21. The third kappa shape index (κ3) is 4.24. The second-order valence-electron chi connectivity index (χ2n) is 7.09. The summed E-state index contributed by atoms with van der Waals surface area (Å²) < 4.78 is 7.88. The second-order valence-corrected chi connectivity index (χ2v) is 8.44. The van der Waals surface area contributed by atoms with Crippen molar-refractivity contribution in [2.24, 2.45) is 5.41 Å². The Balaban J connectivity index is 1.93. The summed E-state index contributed by atoms with van der Waals surface area (Å²) in [6.45, 7) is 5.47. The highest BCUT2D eigenvalue weighted by Crippen LogP contribution is 2.24. The van der Waals surface area contributed by atoms with Gasteiger partial charge in [0.1, 0.15) is 0 Å². The summed E-state index contributed by atoms with van der Waals surface area (Å²) in [5, 5.41) is 6.22. The van der Waals surface area contributed by atoms with Gasteiger partial charge in [-0.25, -0.2) is 9.67 Å². The van der Waals surface area contributed by atoms with E-state index in [0.29, 0.717) is 17.1 Å². The van der Waals surface area contributed by atoms with E-state index in [4.69, 9.17) is 16.3 Å². The molecule has 1 aromatic carbocycles. The van der Waals surface area contributed by atoms with Gasteiger partial charge in [-0.1, -0.05) is 23.7 Å². The zero-order valence-corrected chi connectivity index (χ0v) is 17.1. The predicted molar refractivity (Wildman–Crippen MR) is 105 cm³/mol. The third-order valence-corrected chi connectivity index (χ3v) is 4.49. The van der Waals surface area contributed by atoms with E-state index < -0.39 is 5.41 Å². The van der Waals surface area contributed by atoms with Gasteiger partial charge in [0.05, 0.1) is 11.1 Å². The van der Waals surface area contributed by atoms with E-state index in [-0.39, 0.29) is 12.7 Å². The van der Waals surface area contributed by atoms with Gasteiger partial charge in [-0.3, -0.25) is 4.79 Å². The topological polar surface area (TPSA) is 57.0 Å². The highest BCUT2D eigenvalue weighted by Gasteiger charge is 2.23. The lowest BCUT2D eigenvalue weighted by Gasteiger charge is -2.16. The molecule has 0 atom stereocenters. The van der Waals surface area contributed by atoms with Crippen molar-refractivity contribution in [1.29, 1.82) is 0 Å². The molecular weight excluding hydrogens is 418 g/mol. The van der Waals surface area contributed by atoms with Gasteiger partial charge >= 0.3 is 5.97 Å². The van der Waals surface area contributed by atoms with Gasteiger partial charge in [0.15, 0.2) is 12.4 Å². The van der Waals surface area contributed by atoms with E-state index in [1.807, 2.05) is 51.1 Å². The molecule has 5 nitrogen and oxygen atoms in total. The number of hydrogen-bond acceptors (Lipinski definition) is 4. The van der Waals surface area contributed by atoms with Crippen molar-refractivity contribution in [2.75, 3.05) is 0 Å². The molecule has 136 valence electrons. The number of halogens is 2. The molecule has 0 saturated heterocycles. The average Bonchev–Trinajstić information content (AvgIpc) is 2.88. The molecule has 3 rings (SSSR count). The van der Waals surface area contributed by atoms with E-state index in [1.54, 1.807) is 10.9 Å². The number of pyridine rings is 1. The third-order valence-electron chi connectivity index (χ3n) is 3.82. The van der Waals surface area contributed by atoms with Crippen molar-refractivity contribution in [3.63, 3.8) is 0 Å². The number of benzene rings is 1. The zero-order chi connectivity index (χ0) is 18.9. The van der Waals surface area contributed by atoms with Crippen LogP contribution in [0.5, 0.6) is 0 Å². The van der Waals surface area contributed by atoms with Gasteiger partial charge in [-0.05, 0) is 60.5 Å². The number of rotatable bonds is 4. The van der Waals surface area contributed by atoms with E-state index in [2.05, 4.69) is 26.0 Å².